The third kappa shape index (κ3) is 3.05. The Bertz CT molecular complexity index is 467. The van der Waals surface area contributed by atoms with E-state index < -0.39 is 10.0 Å². The van der Waals surface area contributed by atoms with Crippen LogP contribution in [-0.2, 0) is 16.6 Å². The lowest BCUT2D eigenvalue weighted by Gasteiger charge is -2.13. The molecule has 0 bridgehead atoms. The molecule has 0 aliphatic carbocycles. The maximum Gasteiger partial charge on any atom is 0.261 e. The van der Waals surface area contributed by atoms with Crippen LogP contribution in [0.3, 0.4) is 0 Å². The summed E-state index contributed by atoms with van der Waals surface area (Å²) in [6, 6.07) is 0. The summed E-state index contributed by atoms with van der Waals surface area (Å²) in [7, 11) is -1.99. The molecule has 0 unspecified atom stereocenters. The number of aryl methyl sites for hydroxylation is 2. The van der Waals surface area contributed by atoms with Crippen LogP contribution in [0.15, 0.2) is 11.2 Å². The van der Waals surface area contributed by atoms with Crippen molar-refractivity contribution in [1.82, 2.24) is 13.9 Å². The Kier molecular flexibility index (Phi) is 4.67. The number of rotatable bonds is 6. The van der Waals surface area contributed by atoms with Crippen molar-refractivity contribution < 1.29 is 8.42 Å². The molecule has 98 valence electrons. The number of sulfonamides is 1. The van der Waals surface area contributed by atoms with Crippen LogP contribution in [0.4, 0.5) is 0 Å². The third-order valence-electron chi connectivity index (χ3n) is 2.54. The van der Waals surface area contributed by atoms with Gasteiger partial charge in [-0.3, -0.25) is 0 Å². The Morgan fingerprint density at radius 3 is 2.71 bits per heavy atom. The number of nitrogens with zero attached hydrogens (tertiary/aromatic N) is 3. The smallest absolute Gasteiger partial charge is 0.261 e. The normalized spacial score (nSPS) is 12.3. The van der Waals surface area contributed by atoms with Gasteiger partial charge in [0, 0.05) is 32.9 Å². The van der Waals surface area contributed by atoms with Crippen molar-refractivity contribution in [3.63, 3.8) is 0 Å². The van der Waals surface area contributed by atoms with Crippen molar-refractivity contribution in [1.29, 1.82) is 0 Å². The highest BCUT2D eigenvalue weighted by atomic mass is 32.2. The molecule has 0 aliphatic heterocycles. The van der Waals surface area contributed by atoms with Gasteiger partial charge in [0.15, 0.2) is 5.03 Å². The fourth-order valence-corrected chi connectivity index (χ4v) is 2.71. The highest BCUT2D eigenvalue weighted by Gasteiger charge is 2.23. The lowest BCUT2D eigenvalue weighted by atomic mass is 10.5. The van der Waals surface area contributed by atoms with E-state index in [-0.39, 0.29) is 5.03 Å². The number of aromatic nitrogens is 2. The zero-order valence-corrected chi connectivity index (χ0v) is 11.4. The minimum absolute atomic E-state index is 0.0967. The molecule has 1 aromatic rings. The monoisotopic (exact) mass is 260 g/mol. The summed E-state index contributed by atoms with van der Waals surface area (Å²) in [5.41, 5.74) is 5.36. The number of imidazole rings is 1. The topological polar surface area (TPSA) is 81.2 Å². The molecule has 0 saturated heterocycles. The summed E-state index contributed by atoms with van der Waals surface area (Å²) < 4.78 is 27.3. The van der Waals surface area contributed by atoms with Crippen molar-refractivity contribution in [3.8, 4) is 0 Å². The average molecular weight is 260 g/mol. The van der Waals surface area contributed by atoms with E-state index in [0.717, 1.165) is 13.0 Å². The Morgan fingerprint density at radius 1 is 1.53 bits per heavy atom. The van der Waals surface area contributed by atoms with Crippen molar-refractivity contribution >= 4 is 10.0 Å². The fourth-order valence-electron chi connectivity index (χ4n) is 1.53. The zero-order chi connectivity index (χ0) is 13.1. The molecule has 0 fully saturated rings. The molecular formula is C10H20N4O2S. The summed E-state index contributed by atoms with van der Waals surface area (Å²) in [5, 5.41) is 0.0967. The summed E-state index contributed by atoms with van der Waals surface area (Å²) in [5.74, 6) is 0.714. The van der Waals surface area contributed by atoms with Crippen LogP contribution in [0.25, 0.3) is 0 Å². The summed E-state index contributed by atoms with van der Waals surface area (Å²) in [4.78, 5) is 4.10. The second kappa shape index (κ2) is 5.61. The molecule has 0 spiro atoms. The van der Waals surface area contributed by atoms with E-state index in [1.807, 2.05) is 11.5 Å². The molecule has 0 radical (unpaired) electrons. The quantitative estimate of drug-likeness (QED) is 0.791. The fraction of sp³-hybridized carbons (Fsp3) is 0.700. The van der Waals surface area contributed by atoms with Crippen molar-refractivity contribution in [2.45, 2.75) is 31.8 Å². The molecule has 0 atom stereocenters. The highest BCUT2D eigenvalue weighted by molar-refractivity contribution is 7.89. The maximum absolute atomic E-state index is 12.1. The minimum Gasteiger partial charge on any atom is -0.334 e. The van der Waals surface area contributed by atoms with Gasteiger partial charge in [0.25, 0.3) is 10.0 Å². The second-order valence-corrected chi connectivity index (χ2v) is 5.93. The van der Waals surface area contributed by atoms with Crippen LogP contribution in [0.2, 0.25) is 0 Å². The van der Waals surface area contributed by atoms with E-state index in [4.69, 9.17) is 5.73 Å². The Labute approximate surface area is 102 Å². The zero-order valence-electron chi connectivity index (χ0n) is 10.5. The van der Waals surface area contributed by atoms with Crippen molar-refractivity contribution in [3.05, 3.63) is 12.0 Å². The molecule has 1 heterocycles. The standard InChI is InChI=1S/C10H20N4O2S/c1-4-6-14-8-10(12-9(14)2)17(15,16)13(3)7-5-11/h8H,4-7,11H2,1-3H3. The third-order valence-corrected chi connectivity index (χ3v) is 4.27. The van der Waals surface area contributed by atoms with Crippen LogP contribution >= 0.6 is 0 Å². The van der Waals surface area contributed by atoms with E-state index in [2.05, 4.69) is 4.98 Å². The lowest BCUT2D eigenvalue weighted by Crippen LogP contribution is -2.32. The van der Waals surface area contributed by atoms with Crippen LogP contribution < -0.4 is 5.73 Å². The van der Waals surface area contributed by atoms with Crippen LogP contribution in [-0.4, -0.2) is 42.4 Å². The first kappa shape index (κ1) is 14.1. The Morgan fingerprint density at radius 2 is 2.18 bits per heavy atom. The van der Waals surface area contributed by atoms with Crippen LogP contribution in [0.5, 0.6) is 0 Å². The van der Waals surface area contributed by atoms with Crippen molar-refractivity contribution in [2.75, 3.05) is 20.1 Å². The van der Waals surface area contributed by atoms with Crippen LogP contribution in [0, 0.1) is 6.92 Å². The first-order valence-corrected chi connectivity index (χ1v) is 7.07. The molecule has 0 aromatic carbocycles. The molecule has 17 heavy (non-hydrogen) atoms. The molecule has 1 rings (SSSR count). The van der Waals surface area contributed by atoms with E-state index in [9.17, 15) is 8.42 Å². The van der Waals surface area contributed by atoms with Gasteiger partial charge in [0.1, 0.15) is 5.82 Å². The largest absolute Gasteiger partial charge is 0.334 e. The van der Waals surface area contributed by atoms with Gasteiger partial charge >= 0.3 is 0 Å². The molecule has 0 amide bonds. The minimum atomic E-state index is -3.50. The highest BCUT2D eigenvalue weighted by Crippen LogP contribution is 2.13. The number of hydrogen-bond donors (Lipinski definition) is 1. The van der Waals surface area contributed by atoms with E-state index >= 15 is 0 Å². The van der Waals surface area contributed by atoms with Gasteiger partial charge in [-0.05, 0) is 13.3 Å². The van der Waals surface area contributed by atoms with Gasteiger partial charge in [-0.2, -0.15) is 4.31 Å². The SMILES string of the molecule is CCCn1cc(S(=O)(=O)N(C)CCN)nc1C. The molecule has 0 saturated carbocycles. The van der Waals surface area contributed by atoms with Gasteiger partial charge in [-0.15, -0.1) is 0 Å². The molecule has 6 nitrogen and oxygen atoms in total. The van der Waals surface area contributed by atoms with E-state index in [0.29, 0.717) is 18.9 Å². The van der Waals surface area contributed by atoms with E-state index in [1.165, 1.54) is 11.4 Å². The molecular weight excluding hydrogens is 240 g/mol. The number of likely N-dealkylation sites (N-methyl/N-ethyl adjacent to an activating group) is 1. The first-order valence-electron chi connectivity index (χ1n) is 5.63. The number of nitrogens with two attached hydrogens (primary N) is 1. The Hall–Kier alpha value is -0.920. The van der Waals surface area contributed by atoms with Gasteiger partial charge in [-0.1, -0.05) is 6.92 Å². The molecule has 7 heteroatoms. The Balaban J connectivity index is 3.03. The average Bonchev–Trinajstić information content (AvgIpc) is 2.62. The summed E-state index contributed by atoms with van der Waals surface area (Å²) >= 11 is 0. The molecule has 2 N–H and O–H groups in total. The summed E-state index contributed by atoms with van der Waals surface area (Å²) in [6.45, 7) is 5.20. The van der Waals surface area contributed by atoms with Gasteiger partial charge in [0.05, 0.1) is 0 Å². The molecule has 1 aromatic heterocycles. The first-order chi connectivity index (χ1) is 7.93. The number of hydrogen-bond acceptors (Lipinski definition) is 4. The van der Waals surface area contributed by atoms with Gasteiger partial charge < -0.3 is 10.3 Å². The van der Waals surface area contributed by atoms with Gasteiger partial charge in [-0.25, -0.2) is 13.4 Å². The second-order valence-electron chi connectivity index (χ2n) is 3.93. The van der Waals surface area contributed by atoms with Crippen LogP contribution in [0.1, 0.15) is 19.2 Å². The predicted molar refractivity (Wildman–Crippen MR) is 66.1 cm³/mol. The summed E-state index contributed by atoms with van der Waals surface area (Å²) in [6.07, 6.45) is 2.52. The lowest BCUT2D eigenvalue weighted by molar-refractivity contribution is 0.474. The maximum atomic E-state index is 12.1. The van der Waals surface area contributed by atoms with Crippen molar-refractivity contribution in [2.24, 2.45) is 5.73 Å². The van der Waals surface area contributed by atoms with E-state index in [1.54, 1.807) is 13.1 Å². The molecule has 0 aliphatic rings. The predicted octanol–water partition coefficient (Wildman–Crippen LogP) is 0.181. The van der Waals surface area contributed by atoms with Gasteiger partial charge in [0.2, 0.25) is 0 Å².